The van der Waals surface area contributed by atoms with Crippen LogP contribution < -0.4 is 10.6 Å². The predicted molar refractivity (Wildman–Crippen MR) is 83.1 cm³/mol. The highest BCUT2D eigenvalue weighted by molar-refractivity contribution is 5.56. The molecule has 2 rings (SSSR count). The molecule has 0 aliphatic rings. The maximum Gasteiger partial charge on any atom is 0.229 e. The SMILES string of the molecule is CCC(N)Cc1cnc(N(CC)c2ccc(F)cc2)nc1. The monoisotopic (exact) mass is 288 g/mol. The number of nitrogens with zero attached hydrogens (tertiary/aromatic N) is 3. The number of anilines is 2. The Morgan fingerprint density at radius 3 is 2.29 bits per heavy atom. The standard InChI is InChI=1S/C16H21FN4/c1-3-14(18)9-12-10-19-16(20-11-12)21(4-2)15-7-5-13(17)6-8-15/h5-8,10-11,14H,3-4,9,18H2,1-2H3. The van der Waals surface area contributed by atoms with Gasteiger partial charge in [0.25, 0.3) is 0 Å². The Morgan fingerprint density at radius 1 is 1.14 bits per heavy atom. The van der Waals surface area contributed by atoms with Gasteiger partial charge in [-0.2, -0.15) is 0 Å². The van der Waals surface area contributed by atoms with E-state index in [0.717, 1.165) is 24.1 Å². The Bertz CT molecular complexity index is 553. The molecule has 0 aliphatic carbocycles. The molecule has 1 unspecified atom stereocenters. The van der Waals surface area contributed by atoms with E-state index in [1.807, 2.05) is 24.2 Å². The Labute approximate surface area is 124 Å². The summed E-state index contributed by atoms with van der Waals surface area (Å²) in [5.74, 6) is 0.359. The number of hydrogen-bond donors (Lipinski definition) is 1. The van der Waals surface area contributed by atoms with Crippen LogP contribution in [0.25, 0.3) is 0 Å². The second-order valence-corrected chi connectivity index (χ2v) is 4.98. The van der Waals surface area contributed by atoms with Crippen molar-refractivity contribution in [2.45, 2.75) is 32.7 Å². The summed E-state index contributed by atoms with van der Waals surface area (Å²) in [5.41, 5.74) is 7.84. The van der Waals surface area contributed by atoms with E-state index in [-0.39, 0.29) is 11.9 Å². The molecule has 1 heterocycles. The molecule has 0 spiro atoms. The summed E-state index contributed by atoms with van der Waals surface area (Å²) in [5, 5.41) is 0. The molecule has 4 nitrogen and oxygen atoms in total. The molecule has 112 valence electrons. The molecule has 2 aromatic rings. The molecule has 1 aromatic carbocycles. The average molecular weight is 288 g/mol. The fourth-order valence-electron chi connectivity index (χ4n) is 2.10. The van der Waals surface area contributed by atoms with Crippen molar-refractivity contribution in [3.8, 4) is 0 Å². The van der Waals surface area contributed by atoms with E-state index < -0.39 is 0 Å². The molecule has 0 bridgehead atoms. The van der Waals surface area contributed by atoms with Crippen molar-refractivity contribution in [1.29, 1.82) is 0 Å². The topological polar surface area (TPSA) is 55.0 Å². The second-order valence-electron chi connectivity index (χ2n) is 4.98. The molecular weight excluding hydrogens is 267 g/mol. The lowest BCUT2D eigenvalue weighted by Gasteiger charge is -2.21. The van der Waals surface area contributed by atoms with Gasteiger partial charge in [0.05, 0.1) is 0 Å². The van der Waals surface area contributed by atoms with E-state index in [1.165, 1.54) is 12.1 Å². The van der Waals surface area contributed by atoms with Crippen molar-refractivity contribution in [3.63, 3.8) is 0 Å². The molecule has 1 aromatic heterocycles. The molecule has 21 heavy (non-hydrogen) atoms. The van der Waals surface area contributed by atoms with Gasteiger partial charge in [-0.05, 0) is 49.6 Å². The summed E-state index contributed by atoms with van der Waals surface area (Å²) in [7, 11) is 0. The zero-order valence-electron chi connectivity index (χ0n) is 12.5. The van der Waals surface area contributed by atoms with Gasteiger partial charge >= 0.3 is 0 Å². The third-order valence-electron chi connectivity index (χ3n) is 3.41. The lowest BCUT2D eigenvalue weighted by atomic mass is 10.1. The largest absolute Gasteiger partial charge is 0.327 e. The van der Waals surface area contributed by atoms with Crippen molar-refractivity contribution in [1.82, 2.24) is 9.97 Å². The predicted octanol–water partition coefficient (Wildman–Crippen LogP) is 3.05. The summed E-state index contributed by atoms with van der Waals surface area (Å²) >= 11 is 0. The number of halogens is 1. The van der Waals surface area contributed by atoms with E-state index in [0.29, 0.717) is 12.5 Å². The fourth-order valence-corrected chi connectivity index (χ4v) is 2.10. The quantitative estimate of drug-likeness (QED) is 0.887. The average Bonchev–Trinajstić information content (AvgIpc) is 2.51. The van der Waals surface area contributed by atoms with Crippen LogP contribution in [0.1, 0.15) is 25.8 Å². The molecule has 1 atom stereocenters. The van der Waals surface area contributed by atoms with Gasteiger partial charge in [-0.25, -0.2) is 14.4 Å². The van der Waals surface area contributed by atoms with E-state index in [1.54, 1.807) is 12.1 Å². The zero-order chi connectivity index (χ0) is 15.2. The van der Waals surface area contributed by atoms with Gasteiger partial charge in [0.15, 0.2) is 0 Å². The van der Waals surface area contributed by atoms with Crippen LogP contribution in [0.4, 0.5) is 16.0 Å². The Balaban J connectivity index is 2.17. The van der Waals surface area contributed by atoms with Crippen molar-refractivity contribution in [3.05, 3.63) is 48.0 Å². The third kappa shape index (κ3) is 3.98. The van der Waals surface area contributed by atoms with Crippen LogP contribution >= 0.6 is 0 Å². The van der Waals surface area contributed by atoms with Crippen LogP contribution in [0.2, 0.25) is 0 Å². The van der Waals surface area contributed by atoms with Crippen molar-refractivity contribution in [2.24, 2.45) is 5.73 Å². The highest BCUT2D eigenvalue weighted by Gasteiger charge is 2.11. The van der Waals surface area contributed by atoms with Gasteiger partial charge in [-0.1, -0.05) is 6.92 Å². The minimum Gasteiger partial charge on any atom is -0.327 e. The number of nitrogens with two attached hydrogens (primary N) is 1. The first-order chi connectivity index (χ1) is 10.1. The zero-order valence-corrected chi connectivity index (χ0v) is 12.5. The van der Waals surface area contributed by atoms with E-state index >= 15 is 0 Å². The van der Waals surface area contributed by atoms with Gasteiger partial charge in [0.2, 0.25) is 5.95 Å². The van der Waals surface area contributed by atoms with Crippen LogP contribution in [0.3, 0.4) is 0 Å². The highest BCUT2D eigenvalue weighted by Crippen LogP contribution is 2.21. The minimum atomic E-state index is -0.250. The Kier molecular flexibility index (Phi) is 5.22. The maximum atomic E-state index is 13.0. The second kappa shape index (κ2) is 7.13. The van der Waals surface area contributed by atoms with Crippen molar-refractivity contribution >= 4 is 11.6 Å². The normalized spacial score (nSPS) is 12.2. The molecule has 0 saturated carbocycles. The fraction of sp³-hybridized carbons (Fsp3) is 0.375. The van der Waals surface area contributed by atoms with E-state index in [9.17, 15) is 4.39 Å². The van der Waals surface area contributed by atoms with Crippen LogP contribution in [0.15, 0.2) is 36.7 Å². The van der Waals surface area contributed by atoms with Crippen LogP contribution in [-0.4, -0.2) is 22.6 Å². The first-order valence-electron chi connectivity index (χ1n) is 7.23. The third-order valence-corrected chi connectivity index (χ3v) is 3.41. The molecule has 2 N–H and O–H groups in total. The summed E-state index contributed by atoms with van der Waals surface area (Å²) in [6.45, 7) is 4.78. The van der Waals surface area contributed by atoms with Gasteiger partial charge in [0.1, 0.15) is 5.82 Å². The Morgan fingerprint density at radius 2 is 1.76 bits per heavy atom. The summed E-state index contributed by atoms with van der Waals surface area (Å²) < 4.78 is 13.0. The first-order valence-corrected chi connectivity index (χ1v) is 7.23. The summed E-state index contributed by atoms with van der Waals surface area (Å²) in [6, 6.07) is 6.46. The molecule has 0 radical (unpaired) electrons. The lowest BCUT2D eigenvalue weighted by Crippen LogP contribution is -2.22. The van der Waals surface area contributed by atoms with Crippen LogP contribution in [0, 0.1) is 5.82 Å². The summed E-state index contributed by atoms with van der Waals surface area (Å²) in [6.07, 6.45) is 5.33. The maximum absolute atomic E-state index is 13.0. The molecule has 0 fully saturated rings. The molecule has 0 amide bonds. The number of aromatic nitrogens is 2. The smallest absolute Gasteiger partial charge is 0.229 e. The van der Waals surface area contributed by atoms with Crippen LogP contribution in [-0.2, 0) is 6.42 Å². The number of rotatable bonds is 6. The van der Waals surface area contributed by atoms with Gasteiger partial charge in [0, 0.05) is 30.7 Å². The molecular formula is C16H21FN4. The lowest BCUT2D eigenvalue weighted by molar-refractivity contribution is 0.627. The number of hydrogen-bond acceptors (Lipinski definition) is 4. The van der Waals surface area contributed by atoms with E-state index in [4.69, 9.17) is 5.73 Å². The van der Waals surface area contributed by atoms with Gasteiger partial charge in [-0.15, -0.1) is 0 Å². The highest BCUT2D eigenvalue weighted by atomic mass is 19.1. The van der Waals surface area contributed by atoms with Gasteiger partial charge < -0.3 is 10.6 Å². The van der Waals surface area contributed by atoms with Crippen molar-refractivity contribution in [2.75, 3.05) is 11.4 Å². The molecule has 0 saturated heterocycles. The first kappa shape index (κ1) is 15.4. The molecule has 0 aliphatic heterocycles. The number of benzene rings is 1. The summed E-state index contributed by atoms with van der Waals surface area (Å²) in [4.78, 5) is 10.7. The molecule has 5 heteroatoms. The van der Waals surface area contributed by atoms with E-state index in [2.05, 4.69) is 16.9 Å². The van der Waals surface area contributed by atoms with Gasteiger partial charge in [-0.3, -0.25) is 0 Å². The Hall–Kier alpha value is -2.01. The minimum absolute atomic E-state index is 0.138. The van der Waals surface area contributed by atoms with Crippen molar-refractivity contribution < 1.29 is 4.39 Å². The van der Waals surface area contributed by atoms with Crippen LogP contribution in [0.5, 0.6) is 0 Å².